The number of imide groups is 1. The van der Waals surface area contributed by atoms with Crippen molar-refractivity contribution < 1.29 is 9.59 Å². The number of primary amides is 1. The Balaban J connectivity index is 1.80. The molecule has 6 heteroatoms. The molecule has 1 heterocycles. The third-order valence-corrected chi connectivity index (χ3v) is 4.20. The topological polar surface area (TPSA) is 102 Å². The van der Waals surface area contributed by atoms with Gasteiger partial charge in [-0.3, -0.25) is 9.78 Å². The summed E-state index contributed by atoms with van der Waals surface area (Å²) < 4.78 is 0. The van der Waals surface area contributed by atoms with E-state index in [9.17, 15) is 9.59 Å². The number of rotatable bonds is 5. The fraction of sp³-hybridized carbons (Fsp3) is 0.0952. The summed E-state index contributed by atoms with van der Waals surface area (Å²) in [6.07, 6.45) is 3.72. The fourth-order valence-corrected chi connectivity index (χ4v) is 2.83. The number of anilines is 1. The number of nitrogens with two attached hydrogens (primary N) is 2. The van der Waals surface area contributed by atoms with Crippen molar-refractivity contribution in [2.45, 2.75) is 12.5 Å². The van der Waals surface area contributed by atoms with Crippen LogP contribution in [0.5, 0.6) is 0 Å². The third-order valence-electron chi connectivity index (χ3n) is 4.20. The molecule has 0 fully saturated rings. The zero-order valence-corrected chi connectivity index (χ0v) is 14.7. The monoisotopic (exact) mass is 360 g/mol. The van der Waals surface area contributed by atoms with Gasteiger partial charge in [0, 0.05) is 12.4 Å². The second kappa shape index (κ2) is 8.25. The van der Waals surface area contributed by atoms with Crippen LogP contribution in [0.2, 0.25) is 0 Å². The molecule has 0 aliphatic carbocycles. The molecule has 0 radical (unpaired) electrons. The number of carbonyl (C=O) groups is 2. The SMILES string of the molecule is NC(=O)N(C(=O)[C@H](N)Cc1ccccc1)c1ccc(-c2ccncc2)cc1. The van der Waals surface area contributed by atoms with Gasteiger partial charge in [0.1, 0.15) is 0 Å². The van der Waals surface area contributed by atoms with Crippen LogP contribution in [-0.4, -0.2) is 23.0 Å². The summed E-state index contributed by atoms with van der Waals surface area (Å²) in [5, 5.41) is 0. The molecule has 6 nitrogen and oxygen atoms in total. The first-order valence-corrected chi connectivity index (χ1v) is 8.49. The van der Waals surface area contributed by atoms with Crippen molar-refractivity contribution in [3.63, 3.8) is 0 Å². The quantitative estimate of drug-likeness (QED) is 0.730. The van der Waals surface area contributed by atoms with Gasteiger partial charge in [-0.2, -0.15) is 0 Å². The Morgan fingerprint density at radius 3 is 2.07 bits per heavy atom. The second-order valence-electron chi connectivity index (χ2n) is 6.09. The number of benzene rings is 2. The molecule has 0 unspecified atom stereocenters. The maximum Gasteiger partial charge on any atom is 0.326 e. The lowest BCUT2D eigenvalue weighted by atomic mass is 10.0. The Morgan fingerprint density at radius 1 is 0.889 bits per heavy atom. The lowest BCUT2D eigenvalue weighted by molar-refractivity contribution is -0.119. The maximum atomic E-state index is 12.7. The van der Waals surface area contributed by atoms with Crippen molar-refractivity contribution in [2.24, 2.45) is 11.5 Å². The molecule has 0 saturated carbocycles. The van der Waals surface area contributed by atoms with Crippen molar-refractivity contribution >= 4 is 17.6 Å². The van der Waals surface area contributed by atoms with Gasteiger partial charge < -0.3 is 11.5 Å². The van der Waals surface area contributed by atoms with Crippen molar-refractivity contribution in [2.75, 3.05) is 4.90 Å². The summed E-state index contributed by atoms with van der Waals surface area (Å²) in [5.74, 6) is -0.539. The summed E-state index contributed by atoms with van der Waals surface area (Å²) in [5.41, 5.74) is 14.7. The summed E-state index contributed by atoms with van der Waals surface area (Å²) in [4.78, 5) is 29.6. The number of carbonyl (C=O) groups excluding carboxylic acids is 2. The highest BCUT2D eigenvalue weighted by atomic mass is 16.2. The predicted molar refractivity (Wildman–Crippen MR) is 105 cm³/mol. The predicted octanol–water partition coefficient (Wildman–Crippen LogP) is 2.73. The van der Waals surface area contributed by atoms with Gasteiger partial charge in [-0.1, -0.05) is 42.5 Å². The van der Waals surface area contributed by atoms with E-state index in [0.29, 0.717) is 12.1 Å². The minimum Gasteiger partial charge on any atom is -0.351 e. The summed E-state index contributed by atoms with van der Waals surface area (Å²) in [6.45, 7) is 0. The Labute approximate surface area is 157 Å². The zero-order chi connectivity index (χ0) is 19.2. The molecule has 2 aromatic carbocycles. The average molecular weight is 360 g/mol. The first-order chi connectivity index (χ1) is 13.1. The van der Waals surface area contributed by atoms with Gasteiger partial charge in [-0.25, -0.2) is 9.69 Å². The largest absolute Gasteiger partial charge is 0.351 e. The number of urea groups is 1. The molecule has 1 atom stereocenters. The van der Waals surface area contributed by atoms with E-state index in [-0.39, 0.29) is 0 Å². The molecule has 27 heavy (non-hydrogen) atoms. The second-order valence-corrected chi connectivity index (χ2v) is 6.09. The number of hydrogen-bond acceptors (Lipinski definition) is 4. The van der Waals surface area contributed by atoms with Crippen LogP contribution in [0.4, 0.5) is 10.5 Å². The molecular formula is C21H20N4O2. The molecule has 3 rings (SSSR count). The van der Waals surface area contributed by atoms with Crippen LogP contribution >= 0.6 is 0 Å². The van der Waals surface area contributed by atoms with Crippen LogP contribution in [-0.2, 0) is 11.2 Å². The standard InChI is InChI=1S/C21H20N4O2/c22-19(14-15-4-2-1-3-5-15)20(26)25(21(23)27)18-8-6-16(7-9-18)17-10-12-24-13-11-17/h1-13,19H,14,22H2,(H2,23,27)/t19-/m1/s1. The highest BCUT2D eigenvalue weighted by Crippen LogP contribution is 2.23. The molecule has 1 aromatic heterocycles. The van der Waals surface area contributed by atoms with Gasteiger partial charge in [0.05, 0.1) is 11.7 Å². The van der Waals surface area contributed by atoms with Crippen LogP contribution in [0.15, 0.2) is 79.1 Å². The van der Waals surface area contributed by atoms with Gasteiger partial charge in [0.2, 0.25) is 0 Å². The molecule has 0 aliphatic heterocycles. The average Bonchev–Trinajstić information content (AvgIpc) is 2.70. The normalized spacial score (nSPS) is 11.6. The number of amides is 3. The van der Waals surface area contributed by atoms with Crippen molar-refractivity contribution in [3.8, 4) is 11.1 Å². The third kappa shape index (κ3) is 4.37. The van der Waals surface area contributed by atoms with Crippen molar-refractivity contribution in [1.29, 1.82) is 0 Å². The highest BCUT2D eigenvalue weighted by Gasteiger charge is 2.26. The van der Waals surface area contributed by atoms with Gasteiger partial charge in [-0.15, -0.1) is 0 Å². The van der Waals surface area contributed by atoms with E-state index in [2.05, 4.69) is 4.98 Å². The number of hydrogen-bond donors (Lipinski definition) is 2. The van der Waals surface area contributed by atoms with E-state index in [1.807, 2.05) is 54.6 Å². The smallest absolute Gasteiger partial charge is 0.326 e. The van der Waals surface area contributed by atoms with E-state index >= 15 is 0 Å². The Morgan fingerprint density at radius 2 is 1.48 bits per heavy atom. The molecule has 0 bridgehead atoms. The van der Waals surface area contributed by atoms with Crippen LogP contribution in [0, 0.1) is 0 Å². The molecule has 3 aromatic rings. The van der Waals surface area contributed by atoms with E-state index in [0.717, 1.165) is 21.6 Å². The molecule has 0 saturated heterocycles. The van der Waals surface area contributed by atoms with Crippen LogP contribution in [0.3, 0.4) is 0 Å². The lowest BCUT2D eigenvalue weighted by Crippen LogP contribution is -2.50. The van der Waals surface area contributed by atoms with Gasteiger partial charge in [-0.05, 0) is 47.4 Å². The lowest BCUT2D eigenvalue weighted by Gasteiger charge is -2.22. The van der Waals surface area contributed by atoms with Gasteiger partial charge in [0.15, 0.2) is 0 Å². The molecule has 3 amide bonds. The van der Waals surface area contributed by atoms with E-state index in [4.69, 9.17) is 11.5 Å². The van der Waals surface area contributed by atoms with E-state index in [1.54, 1.807) is 24.5 Å². The highest BCUT2D eigenvalue weighted by molar-refractivity contribution is 6.15. The molecule has 0 aliphatic rings. The molecule has 0 spiro atoms. The van der Waals surface area contributed by atoms with E-state index < -0.39 is 18.0 Å². The minimum absolute atomic E-state index is 0.318. The van der Waals surface area contributed by atoms with Crippen LogP contribution < -0.4 is 16.4 Å². The zero-order valence-electron chi connectivity index (χ0n) is 14.7. The van der Waals surface area contributed by atoms with Crippen LogP contribution in [0.25, 0.3) is 11.1 Å². The van der Waals surface area contributed by atoms with Gasteiger partial charge >= 0.3 is 6.03 Å². The molecular weight excluding hydrogens is 340 g/mol. The molecule has 136 valence electrons. The summed E-state index contributed by atoms with van der Waals surface area (Å²) in [6, 6.07) is 18.4. The first kappa shape index (κ1) is 18.3. The maximum absolute atomic E-state index is 12.7. The Kier molecular flexibility index (Phi) is 5.58. The fourth-order valence-electron chi connectivity index (χ4n) is 2.83. The number of aromatic nitrogens is 1. The van der Waals surface area contributed by atoms with Crippen molar-refractivity contribution in [3.05, 3.63) is 84.7 Å². The Hall–Kier alpha value is -3.51. The number of pyridine rings is 1. The molecule has 4 N–H and O–H groups in total. The Bertz CT molecular complexity index is 912. The van der Waals surface area contributed by atoms with Gasteiger partial charge in [0.25, 0.3) is 5.91 Å². The first-order valence-electron chi connectivity index (χ1n) is 8.49. The summed E-state index contributed by atoms with van der Waals surface area (Å²) >= 11 is 0. The van der Waals surface area contributed by atoms with E-state index in [1.165, 1.54) is 0 Å². The minimum atomic E-state index is -0.875. The number of nitrogens with zero attached hydrogens (tertiary/aromatic N) is 2. The summed E-state index contributed by atoms with van der Waals surface area (Å²) in [7, 11) is 0. The van der Waals surface area contributed by atoms with Crippen LogP contribution in [0.1, 0.15) is 5.56 Å². The van der Waals surface area contributed by atoms with Crippen molar-refractivity contribution in [1.82, 2.24) is 4.98 Å².